The van der Waals surface area contributed by atoms with Crippen molar-refractivity contribution in [1.29, 1.82) is 0 Å². The first-order chi connectivity index (χ1) is 43.8. The minimum Gasteiger partial charge on any atom is -0.394 e. The molecule has 3 aliphatic heterocycles. The molecular weight excluding hydrogens is 1150 g/mol. The van der Waals surface area contributed by atoms with Gasteiger partial charge in [0.1, 0.15) is 73.2 Å². The molecule has 3 aliphatic rings. The number of allylic oxidation sites excluding steroid dienone is 15. The van der Waals surface area contributed by atoms with E-state index in [0.29, 0.717) is 6.42 Å². The minimum atomic E-state index is -1.99. The van der Waals surface area contributed by atoms with Gasteiger partial charge in [0.25, 0.3) is 0 Å². The normalized spacial score (nSPS) is 28.7. The first-order valence-corrected chi connectivity index (χ1v) is 34.5. The van der Waals surface area contributed by atoms with Crippen LogP contribution in [0, 0.1) is 0 Å². The summed E-state index contributed by atoms with van der Waals surface area (Å²) < 4.78 is 34.3. The standard InChI is InChI=1S/C71H121NO18/c1-3-5-7-9-11-13-15-17-19-21-23-25-26-27-28-29-31-33-35-37-39-41-43-45-47-49-59(77)72-54(55(76)48-46-44-42-40-38-36-34-32-30-24-22-20-18-16-14-12-10-8-6-4-2)53-85-69-65(83)62(80)67(57(51-74)87-69)90-71-66(84)63(81)68(58(52-75)88-71)89-70-64(82)61(79)60(78)56(50-73)86-70/h5,7,11,13,17,19,23,25,27-28,31,33,37,39,46,48,54-58,60-71,73-76,78-84H,3-4,6,8-10,12,14-16,18,20-22,24,26,29-30,32,34-36,38,40-45,47,49-53H2,1-2H3,(H,72,77)/b7-5-,13-11-,19-17-,25-23-,28-27-,33-31-,39-37-,48-46+. The highest BCUT2D eigenvalue weighted by Gasteiger charge is 2.53. The van der Waals surface area contributed by atoms with Gasteiger partial charge in [0.2, 0.25) is 5.91 Å². The van der Waals surface area contributed by atoms with Gasteiger partial charge < -0.3 is 89.9 Å². The summed E-state index contributed by atoms with van der Waals surface area (Å²) in [6, 6.07) is -0.999. The van der Waals surface area contributed by atoms with Crippen LogP contribution >= 0.6 is 0 Å². The number of amides is 1. The van der Waals surface area contributed by atoms with Crippen molar-refractivity contribution in [3.05, 3.63) is 97.2 Å². The SMILES string of the molecule is CC/C=C\C/C=C\C/C=C\C/C=C\C/C=C\C/C=C\C/C=C\CCCCCC(=O)NC(COC1OC(CO)C(OC2OC(CO)C(OC3OC(CO)C(O)C(O)C3O)C(O)C2O)C(O)C1O)C(O)/C=C/CCCCCCCCCCCCCCCCCCCC. The molecule has 0 aliphatic carbocycles. The van der Waals surface area contributed by atoms with E-state index in [0.717, 1.165) is 89.9 Å². The lowest BCUT2D eigenvalue weighted by Crippen LogP contribution is -2.66. The Morgan fingerprint density at radius 3 is 1.20 bits per heavy atom. The number of aliphatic hydroxyl groups excluding tert-OH is 11. The lowest BCUT2D eigenvalue weighted by Gasteiger charge is -2.48. The van der Waals surface area contributed by atoms with Crippen LogP contribution in [0.15, 0.2) is 97.2 Å². The van der Waals surface area contributed by atoms with Gasteiger partial charge >= 0.3 is 0 Å². The van der Waals surface area contributed by atoms with Gasteiger partial charge in [-0.05, 0) is 77.0 Å². The number of nitrogens with one attached hydrogen (secondary N) is 1. The highest BCUT2D eigenvalue weighted by molar-refractivity contribution is 5.76. The number of rotatable bonds is 51. The third kappa shape index (κ3) is 33.7. The van der Waals surface area contributed by atoms with Gasteiger partial charge in [-0.15, -0.1) is 0 Å². The number of hydrogen-bond acceptors (Lipinski definition) is 18. The van der Waals surface area contributed by atoms with E-state index >= 15 is 0 Å². The van der Waals surface area contributed by atoms with E-state index in [-0.39, 0.29) is 18.9 Å². The smallest absolute Gasteiger partial charge is 0.220 e. The van der Waals surface area contributed by atoms with Crippen LogP contribution in [-0.4, -0.2) is 193 Å². The predicted molar refractivity (Wildman–Crippen MR) is 351 cm³/mol. The van der Waals surface area contributed by atoms with Crippen LogP contribution in [0.1, 0.15) is 213 Å². The molecule has 3 saturated heterocycles. The lowest BCUT2D eigenvalue weighted by molar-refractivity contribution is -0.379. The number of unbranched alkanes of at least 4 members (excludes halogenated alkanes) is 21. The molecule has 19 nitrogen and oxygen atoms in total. The fourth-order valence-electron chi connectivity index (χ4n) is 11.1. The summed E-state index contributed by atoms with van der Waals surface area (Å²) in [7, 11) is 0. The Hall–Kier alpha value is -3.29. The van der Waals surface area contributed by atoms with Crippen molar-refractivity contribution in [3.8, 4) is 0 Å². The highest BCUT2D eigenvalue weighted by atomic mass is 16.8. The van der Waals surface area contributed by atoms with Crippen LogP contribution < -0.4 is 5.32 Å². The Balaban J connectivity index is 1.47. The van der Waals surface area contributed by atoms with Gasteiger partial charge in [-0.1, -0.05) is 227 Å². The van der Waals surface area contributed by atoms with Crippen molar-refractivity contribution in [3.63, 3.8) is 0 Å². The number of ether oxygens (including phenoxy) is 6. The van der Waals surface area contributed by atoms with E-state index < -0.39 is 124 Å². The monoisotopic (exact) mass is 1280 g/mol. The van der Waals surface area contributed by atoms with E-state index in [1.807, 2.05) is 6.08 Å². The second-order valence-corrected chi connectivity index (χ2v) is 24.3. The number of carbonyl (C=O) groups excluding carboxylic acids is 1. The summed E-state index contributed by atoms with van der Waals surface area (Å²) >= 11 is 0. The van der Waals surface area contributed by atoms with Gasteiger partial charge in [0, 0.05) is 6.42 Å². The van der Waals surface area contributed by atoms with Crippen LogP contribution in [-0.2, 0) is 33.2 Å². The quantitative estimate of drug-likeness (QED) is 0.0200. The van der Waals surface area contributed by atoms with Gasteiger partial charge in [-0.3, -0.25) is 4.79 Å². The molecule has 3 fully saturated rings. The molecule has 0 aromatic carbocycles. The zero-order chi connectivity index (χ0) is 65.4. The van der Waals surface area contributed by atoms with E-state index in [1.54, 1.807) is 6.08 Å². The van der Waals surface area contributed by atoms with Crippen molar-refractivity contribution in [2.75, 3.05) is 26.4 Å². The van der Waals surface area contributed by atoms with E-state index in [1.165, 1.54) is 96.3 Å². The van der Waals surface area contributed by atoms with Gasteiger partial charge in [0.15, 0.2) is 18.9 Å². The summed E-state index contributed by atoms with van der Waals surface area (Å²) in [5, 5.41) is 120. The predicted octanol–water partition coefficient (Wildman–Crippen LogP) is 8.88. The third-order valence-corrected chi connectivity index (χ3v) is 16.6. The molecule has 17 unspecified atom stereocenters. The molecule has 90 heavy (non-hydrogen) atoms. The molecule has 3 rings (SSSR count). The molecule has 12 N–H and O–H groups in total. The first kappa shape index (κ1) is 80.9. The molecule has 0 radical (unpaired) electrons. The van der Waals surface area contributed by atoms with E-state index in [9.17, 15) is 61.0 Å². The molecule has 0 aromatic heterocycles. The summed E-state index contributed by atoms with van der Waals surface area (Å²) in [5.74, 6) is -0.310. The van der Waals surface area contributed by atoms with E-state index in [4.69, 9.17) is 28.4 Å². The molecule has 0 spiro atoms. The maximum atomic E-state index is 13.4. The molecule has 19 heteroatoms. The van der Waals surface area contributed by atoms with Gasteiger partial charge in [-0.2, -0.15) is 0 Å². The Kier molecular flexibility index (Phi) is 46.8. The number of aliphatic hydroxyl groups is 11. The third-order valence-electron chi connectivity index (χ3n) is 16.6. The number of carbonyl (C=O) groups is 1. The summed E-state index contributed by atoms with van der Waals surface area (Å²) in [6.07, 6.45) is 40.8. The Bertz CT molecular complexity index is 2010. The topological polar surface area (TPSA) is 307 Å². The summed E-state index contributed by atoms with van der Waals surface area (Å²) in [4.78, 5) is 13.4. The van der Waals surface area contributed by atoms with Crippen LogP contribution in [0.25, 0.3) is 0 Å². The second-order valence-electron chi connectivity index (χ2n) is 24.3. The fourth-order valence-corrected chi connectivity index (χ4v) is 11.1. The summed E-state index contributed by atoms with van der Waals surface area (Å²) in [6.45, 7) is 1.59. The van der Waals surface area contributed by atoms with Crippen molar-refractivity contribution in [2.45, 2.75) is 317 Å². The van der Waals surface area contributed by atoms with Crippen LogP contribution in [0.4, 0.5) is 0 Å². The molecule has 0 bridgehead atoms. The first-order valence-electron chi connectivity index (χ1n) is 34.5. The van der Waals surface area contributed by atoms with Crippen LogP contribution in [0.2, 0.25) is 0 Å². The van der Waals surface area contributed by atoms with Crippen molar-refractivity contribution in [2.24, 2.45) is 0 Å². The average molecular weight is 1280 g/mol. The zero-order valence-corrected chi connectivity index (χ0v) is 54.6. The van der Waals surface area contributed by atoms with E-state index in [2.05, 4.69) is 104 Å². The van der Waals surface area contributed by atoms with Crippen molar-refractivity contribution in [1.82, 2.24) is 5.32 Å². The molecule has 17 atom stereocenters. The van der Waals surface area contributed by atoms with Crippen LogP contribution in [0.3, 0.4) is 0 Å². The molecule has 0 saturated carbocycles. The van der Waals surface area contributed by atoms with Crippen molar-refractivity contribution >= 4 is 5.91 Å². The Morgan fingerprint density at radius 1 is 0.411 bits per heavy atom. The van der Waals surface area contributed by atoms with Gasteiger partial charge in [-0.25, -0.2) is 0 Å². The molecule has 3 heterocycles. The number of hydrogen-bond donors (Lipinski definition) is 12. The maximum Gasteiger partial charge on any atom is 0.220 e. The maximum absolute atomic E-state index is 13.4. The van der Waals surface area contributed by atoms with Gasteiger partial charge in [0.05, 0.1) is 38.6 Å². The Labute approximate surface area is 539 Å². The lowest BCUT2D eigenvalue weighted by atomic mass is 9.96. The zero-order valence-electron chi connectivity index (χ0n) is 54.6. The average Bonchev–Trinajstić information content (AvgIpc) is 0.847. The molecule has 518 valence electrons. The molecule has 1 amide bonds. The minimum absolute atomic E-state index is 0.197. The Morgan fingerprint density at radius 2 is 0.767 bits per heavy atom. The largest absolute Gasteiger partial charge is 0.394 e. The second kappa shape index (κ2) is 52.0. The molecule has 0 aromatic rings. The van der Waals surface area contributed by atoms with Crippen molar-refractivity contribution < 1.29 is 89.4 Å². The molecular formula is C71H121NO18. The fraction of sp³-hybridized carbons (Fsp3) is 0.761. The van der Waals surface area contributed by atoms with Crippen LogP contribution in [0.5, 0.6) is 0 Å². The highest BCUT2D eigenvalue weighted by Crippen LogP contribution is 2.33. The summed E-state index contributed by atoms with van der Waals surface area (Å²) in [5.41, 5.74) is 0.